The lowest BCUT2D eigenvalue weighted by atomic mass is 10.1. The molecule has 1 heterocycles. The first kappa shape index (κ1) is 19.9. The van der Waals surface area contributed by atoms with E-state index in [1.54, 1.807) is 18.1 Å². The zero-order valence-electron chi connectivity index (χ0n) is 16.1. The Hall–Kier alpha value is -2.86. The van der Waals surface area contributed by atoms with E-state index in [0.29, 0.717) is 22.4 Å². The standard InChI is InChI=1S/C21H22ClN3O3/c1-14(2)25(20(26)12-15-7-6-8-16(11-15)27-3)13-19-23-24-21(28-19)17-9-4-5-10-18(17)22/h4-11,14H,12-13H2,1-3H3. The Morgan fingerprint density at radius 3 is 2.68 bits per heavy atom. The molecule has 28 heavy (non-hydrogen) atoms. The molecule has 0 spiro atoms. The van der Waals surface area contributed by atoms with Gasteiger partial charge in [-0.15, -0.1) is 10.2 Å². The van der Waals surface area contributed by atoms with Gasteiger partial charge in [-0.1, -0.05) is 35.9 Å². The Balaban J connectivity index is 1.74. The van der Waals surface area contributed by atoms with Crippen LogP contribution in [0.5, 0.6) is 5.75 Å². The largest absolute Gasteiger partial charge is 0.497 e. The van der Waals surface area contributed by atoms with E-state index in [9.17, 15) is 4.79 Å². The number of halogens is 1. The van der Waals surface area contributed by atoms with E-state index in [-0.39, 0.29) is 24.9 Å². The first-order chi connectivity index (χ1) is 13.5. The van der Waals surface area contributed by atoms with Gasteiger partial charge in [0.05, 0.1) is 30.7 Å². The maximum atomic E-state index is 12.9. The highest BCUT2D eigenvalue weighted by Crippen LogP contribution is 2.26. The van der Waals surface area contributed by atoms with Crippen LogP contribution < -0.4 is 4.74 Å². The van der Waals surface area contributed by atoms with Crippen molar-refractivity contribution in [1.82, 2.24) is 15.1 Å². The highest BCUT2D eigenvalue weighted by atomic mass is 35.5. The first-order valence-electron chi connectivity index (χ1n) is 8.97. The Morgan fingerprint density at radius 2 is 1.96 bits per heavy atom. The summed E-state index contributed by atoms with van der Waals surface area (Å²) in [6.45, 7) is 4.14. The summed E-state index contributed by atoms with van der Waals surface area (Å²) in [4.78, 5) is 14.6. The summed E-state index contributed by atoms with van der Waals surface area (Å²) in [5, 5.41) is 8.69. The predicted octanol–water partition coefficient (Wildman–Crippen LogP) is 4.38. The van der Waals surface area contributed by atoms with Crippen LogP contribution >= 0.6 is 11.6 Å². The lowest BCUT2D eigenvalue weighted by molar-refractivity contribution is -0.133. The van der Waals surface area contributed by atoms with Gasteiger partial charge in [0.25, 0.3) is 0 Å². The minimum atomic E-state index is -0.0271. The monoisotopic (exact) mass is 399 g/mol. The molecule has 0 bridgehead atoms. The molecule has 0 saturated carbocycles. The van der Waals surface area contributed by atoms with Gasteiger partial charge in [0.2, 0.25) is 17.7 Å². The van der Waals surface area contributed by atoms with Crippen LogP contribution in [-0.4, -0.2) is 34.2 Å². The predicted molar refractivity (Wildman–Crippen MR) is 107 cm³/mol. The average Bonchev–Trinajstić information content (AvgIpc) is 3.14. The summed E-state index contributed by atoms with van der Waals surface area (Å²) < 4.78 is 11.0. The van der Waals surface area contributed by atoms with Crippen molar-refractivity contribution in [2.24, 2.45) is 0 Å². The molecule has 3 rings (SSSR count). The SMILES string of the molecule is COc1cccc(CC(=O)N(Cc2nnc(-c3ccccc3Cl)o2)C(C)C)c1. The van der Waals surface area contributed by atoms with Gasteiger partial charge in [0, 0.05) is 6.04 Å². The Kier molecular flexibility index (Phi) is 6.31. The van der Waals surface area contributed by atoms with Crippen LogP contribution in [0.2, 0.25) is 5.02 Å². The second-order valence-corrected chi connectivity index (χ2v) is 7.03. The number of amides is 1. The maximum Gasteiger partial charge on any atom is 0.249 e. The molecule has 2 aromatic carbocycles. The normalized spacial score (nSPS) is 10.9. The molecule has 0 aliphatic rings. The number of carbonyl (C=O) groups is 1. The number of methoxy groups -OCH3 is 1. The van der Waals surface area contributed by atoms with E-state index in [2.05, 4.69) is 10.2 Å². The summed E-state index contributed by atoms with van der Waals surface area (Å²) in [7, 11) is 1.60. The third-order valence-corrected chi connectivity index (χ3v) is 4.64. The van der Waals surface area contributed by atoms with Gasteiger partial charge in [0.15, 0.2) is 0 Å². The average molecular weight is 400 g/mol. The highest BCUT2D eigenvalue weighted by molar-refractivity contribution is 6.33. The number of rotatable bonds is 7. The fourth-order valence-corrected chi connectivity index (χ4v) is 3.04. The Morgan fingerprint density at radius 1 is 1.18 bits per heavy atom. The van der Waals surface area contributed by atoms with Crippen molar-refractivity contribution >= 4 is 17.5 Å². The van der Waals surface area contributed by atoms with Crippen molar-refractivity contribution in [3.8, 4) is 17.2 Å². The van der Waals surface area contributed by atoms with Crippen molar-refractivity contribution in [3.63, 3.8) is 0 Å². The van der Waals surface area contributed by atoms with Gasteiger partial charge in [-0.2, -0.15) is 0 Å². The molecule has 1 amide bonds. The van der Waals surface area contributed by atoms with Gasteiger partial charge < -0.3 is 14.1 Å². The van der Waals surface area contributed by atoms with E-state index in [0.717, 1.165) is 11.3 Å². The highest BCUT2D eigenvalue weighted by Gasteiger charge is 2.21. The van der Waals surface area contributed by atoms with Gasteiger partial charge in [-0.05, 0) is 43.7 Å². The number of ether oxygens (including phenoxy) is 1. The number of aromatic nitrogens is 2. The van der Waals surface area contributed by atoms with Gasteiger partial charge in [0.1, 0.15) is 5.75 Å². The molecule has 1 aromatic heterocycles. The van der Waals surface area contributed by atoms with Gasteiger partial charge in [-0.25, -0.2) is 0 Å². The zero-order chi connectivity index (χ0) is 20.1. The van der Waals surface area contributed by atoms with Crippen LogP contribution in [0, 0.1) is 0 Å². The second-order valence-electron chi connectivity index (χ2n) is 6.62. The third kappa shape index (κ3) is 4.70. The third-order valence-electron chi connectivity index (χ3n) is 4.31. The Labute approximate surface area is 169 Å². The van der Waals surface area contributed by atoms with Crippen LogP contribution in [0.25, 0.3) is 11.5 Å². The molecular formula is C21H22ClN3O3. The molecule has 0 N–H and O–H groups in total. The molecule has 0 aliphatic heterocycles. The van der Waals surface area contributed by atoms with Crippen molar-refractivity contribution in [2.45, 2.75) is 32.9 Å². The molecule has 3 aromatic rings. The Bertz CT molecular complexity index is 955. The van der Waals surface area contributed by atoms with Crippen molar-refractivity contribution < 1.29 is 13.9 Å². The minimum absolute atomic E-state index is 0.0197. The molecule has 0 atom stereocenters. The summed E-state index contributed by atoms with van der Waals surface area (Å²) in [5.74, 6) is 1.40. The van der Waals surface area contributed by atoms with E-state index >= 15 is 0 Å². The number of hydrogen-bond donors (Lipinski definition) is 0. The quantitative estimate of drug-likeness (QED) is 0.589. The smallest absolute Gasteiger partial charge is 0.249 e. The van der Waals surface area contributed by atoms with E-state index < -0.39 is 0 Å². The van der Waals surface area contributed by atoms with Gasteiger partial charge >= 0.3 is 0 Å². The van der Waals surface area contributed by atoms with Crippen LogP contribution in [0.15, 0.2) is 52.9 Å². The number of hydrogen-bond acceptors (Lipinski definition) is 5. The van der Waals surface area contributed by atoms with E-state index in [4.69, 9.17) is 20.8 Å². The van der Waals surface area contributed by atoms with Crippen molar-refractivity contribution in [1.29, 1.82) is 0 Å². The number of nitrogens with zero attached hydrogens (tertiary/aromatic N) is 3. The molecule has 0 saturated heterocycles. The summed E-state index contributed by atoms with van der Waals surface area (Å²) in [5.41, 5.74) is 1.55. The van der Waals surface area contributed by atoms with E-state index in [1.165, 1.54) is 0 Å². The van der Waals surface area contributed by atoms with Crippen LogP contribution in [0.3, 0.4) is 0 Å². The summed E-state index contributed by atoms with van der Waals surface area (Å²) >= 11 is 6.19. The molecule has 0 aliphatic carbocycles. The van der Waals surface area contributed by atoms with Crippen LogP contribution in [0.1, 0.15) is 25.3 Å². The molecule has 0 unspecified atom stereocenters. The fraction of sp³-hybridized carbons (Fsp3) is 0.286. The number of carbonyl (C=O) groups excluding carboxylic acids is 1. The molecule has 146 valence electrons. The summed E-state index contributed by atoms with van der Waals surface area (Å²) in [6.07, 6.45) is 0.265. The van der Waals surface area contributed by atoms with Crippen molar-refractivity contribution in [3.05, 3.63) is 65.0 Å². The molecular weight excluding hydrogens is 378 g/mol. The van der Waals surface area contributed by atoms with Crippen molar-refractivity contribution in [2.75, 3.05) is 7.11 Å². The minimum Gasteiger partial charge on any atom is -0.497 e. The van der Waals surface area contributed by atoms with Crippen LogP contribution in [0.4, 0.5) is 0 Å². The second kappa shape index (κ2) is 8.89. The van der Waals surface area contributed by atoms with Crippen LogP contribution in [-0.2, 0) is 17.8 Å². The molecule has 6 nitrogen and oxygen atoms in total. The summed E-state index contributed by atoms with van der Waals surface area (Å²) in [6, 6.07) is 14.7. The lowest BCUT2D eigenvalue weighted by Crippen LogP contribution is -2.37. The zero-order valence-corrected chi connectivity index (χ0v) is 16.8. The van der Waals surface area contributed by atoms with Gasteiger partial charge in [-0.3, -0.25) is 4.79 Å². The maximum absolute atomic E-state index is 12.9. The topological polar surface area (TPSA) is 68.5 Å². The fourth-order valence-electron chi connectivity index (χ4n) is 2.82. The lowest BCUT2D eigenvalue weighted by Gasteiger charge is -2.25. The first-order valence-corrected chi connectivity index (χ1v) is 9.35. The molecule has 7 heteroatoms. The molecule has 0 fully saturated rings. The van der Waals surface area contributed by atoms with E-state index in [1.807, 2.05) is 56.3 Å². The molecule has 0 radical (unpaired) electrons. The number of benzene rings is 2.